The molecule has 0 aliphatic heterocycles. The second-order valence-corrected chi connectivity index (χ2v) is 8.19. The van der Waals surface area contributed by atoms with Gasteiger partial charge < -0.3 is 0 Å². The van der Waals surface area contributed by atoms with Crippen LogP contribution in [0.5, 0.6) is 0 Å². The van der Waals surface area contributed by atoms with Crippen LogP contribution in [0.15, 0.2) is 91.0 Å². The Morgan fingerprint density at radius 3 is 1.35 bits per heavy atom. The molecule has 3 rings (SSSR count). The lowest BCUT2D eigenvalue weighted by Crippen LogP contribution is -2.31. The van der Waals surface area contributed by atoms with E-state index in [-0.39, 0.29) is 0 Å². The number of hydrogen-bond acceptors (Lipinski definition) is 2. The van der Waals surface area contributed by atoms with Gasteiger partial charge in [-0.1, -0.05) is 91.0 Å². The molecule has 0 aromatic heterocycles. The van der Waals surface area contributed by atoms with Gasteiger partial charge in [0, 0.05) is 39.8 Å². The monoisotopic (exact) mass is 414 g/mol. The molecule has 0 saturated carbocycles. The number of hydrogen-bond donors (Lipinski definition) is 0. The average molecular weight is 415 g/mol. The van der Waals surface area contributed by atoms with Crippen LogP contribution in [0.2, 0.25) is 0 Å². The van der Waals surface area contributed by atoms with E-state index in [0.29, 0.717) is 0 Å². The fourth-order valence-corrected chi connectivity index (χ4v) is 3.98. The van der Waals surface area contributed by atoms with Gasteiger partial charge in [-0.3, -0.25) is 9.80 Å². The zero-order valence-corrected chi connectivity index (χ0v) is 18.9. The molecule has 1 radical (unpaired) electrons. The largest absolute Gasteiger partial charge is 0.299 e. The van der Waals surface area contributed by atoms with Crippen LogP contribution in [0.25, 0.3) is 0 Å². The minimum absolute atomic E-state index is 0.944. The molecular formula is C28H36N3. The highest BCUT2D eigenvalue weighted by atomic mass is 15.1. The first-order valence-electron chi connectivity index (χ1n) is 11.5. The maximum atomic E-state index is 4.28. The molecule has 0 heterocycles. The van der Waals surface area contributed by atoms with Crippen molar-refractivity contribution in [2.45, 2.75) is 32.5 Å². The molecule has 0 aliphatic carbocycles. The second kappa shape index (κ2) is 13.8. The Balaban J connectivity index is 1.57. The van der Waals surface area contributed by atoms with E-state index in [9.17, 15) is 0 Å². The van der Waals surface area contributed by atoms with Crippen LogP contribution in [-0.4, -0.2) is 43.0 Å². The summed E-state index contributed by atoms with van der Waals surface area (Å²) in [6.45, 7) is 7.24. The Labute approximate surface area is 188 Å². The third-order valence-corrected chi connectivity index (χ3v) is 5.55. The quantitative estimate of drug-likeness (QED) is 0.338. The minimum Gasteiger partial charge on any atom is -0.299 e. The number of rotatable bonds is 14. The van der Waals surface area contributed by atoms with Gasteiger partial charge in [0.15, 0.2) is 0 Å². The third kappa shape index (κ3) is 9.06. The van der Waals surface area contributed by atoms with Crippen LogP contribution in [0.3, 0.4) is 0 Å². The highest BCUT2D eigenvalue weighted by molar-refractivity contribution is 5.17. The first kappa shape index (κ1) is 23.2. The Morgan fingerprint density at radius 2 is 0.903 bits per heavy atom. The SMILES string of the molecule is C[N]CCCN(CCCN(Cc1ccccc1)Cc1ccccc1)Cc1ccccc1. The first-order chi connectivity index (χ1) is 15.3. The maximum absolute atomic E-state index is 4.28. The van der Waals surface area contributed by atoms with Crippen LogP contribution < -0.4 is 5.32 Å². The Morgan fingerprint density at radius 1 is 0.516 bits per heavy atom. The van der Waals surface area contributed by atoms with Crippen molar-refractivity contribution in [2.75, 3.05) is 33.2 Å². The molecule has 0 aliphatic rings. The fraction of sp³-hybridized carbons (Fsp3) is 0.357. The van der Waals surface area contributed by atoms with E-state index >= 15 is 0 Å². The number of benzene rings is 3. The van der Waals surface area contributed by atoms with Gasteiger partial charge in [0.25, 0.3) is 0 Å². The molecule has 0 spiro atoms. The summed E-state index contributed by atoms with van der Waals surface area (Å²) in [7, 11) is 1.91. The van der Waals surface area contributed by atoms with Gasteiger partial charge in [-0.05, 0) is 42.6 Å². The summed E-state index contributed by atoms with van der Waals surface area (Å²) in [6.07, 6.45) is 2.29. The van der Waals surface area contributed by atoms with Gasteiger partial charge in [0.2, 0.25) is 0 Å². The van der Waals surface area contributed by atoms with Gasteiger partial charge in [-0.25, -0.2) is 5.32 Å². The summed E-state index contributed by atoms with van der Waals surface area (Å²) in [5.41, 5.74) is 4.15. The standard InChI is InChI=1S/C28H36N3/c1-29-19-11-20-30(23-26-13-5-2-6-14-26)21-12-22-31(24-27-15-7-3-8-16-27)25-28-17-9-4-10-18-28/h2-10,13-18H,11-12,19-25H2,1H3. The predicted molar refractivity (Wildman–Crippen MR) is 131 cm³/mol. The Bertz CT molecular complexity index is 779. The molecule has 0 amide bonds. The van der Waals surface area contributed by atoms with E-state index in [4.69, 9.17) is 0 Å². The van der Waals surface area contributed by atoms with E-state index in [1.165, 1.54) is 16.7 Å². The van der Waals surface area contributed by atoms with Crippen molar-refractivity contribution in [3.63, 3.8) is 0 Å². The average Bonchev–Trinajstić information content (AvgIpc) is 2.81. The second-order valence-electron chi connectivity index (χ2n) is 8.19. The van der Waals surface area contributed by atoms with E-state index in [0.717, 1.165) is 58.7 Å². The van der Waals surface area contributed by atoms with Crippen LogP contribution in [-0.2, 0) is 19.6 Å². The molecule has 3 nitrogen and oxygen atoms in total. The zero-order valence-electron chi connectivity index (χ0n) is 18.9. The lowest BCUT2D eigenvalue weighted by molar-refractivity contribution is 0.210. The first-order valence-corrected chi connectivity index (χ1v) is 11.5. The van der Waals surface area contributed by atoms with E-state index in [1.807, 2.05) is 7.05 Å². The fourth-order valence-electron chi connectivity index (χ4n) is 3.98. The normalized spacial score (nSPS) is 11.3. The van der Waals surface area contributed by atoms with E-state index in [1.54, 1.807) is 0 Å². The third-order valence-electron chi connectivity index (χ3n) is 5.55. The van der Waals surface area contributed by atoms with Gasteiger partial charge in [0.05, 0.1) is 0 Å². The van der Waals surface area contributed by atoms with Gasteiger partial charge >= 0.3 is 0 Å². The molecule has 3 heteroatoms. The smallest absolute Gasteiger partial charge is 0.0237 e. The van der Waals surface area contributed by atoms with Gasteiger partial charge in [-0.15, -0.1) is 0 Å². The van der Waals surface area contributed by atoms with Gasteiger partial charge in [0.1, 0.15) is 0 Å². The lowest BCUT2D eigenvalue weighted by atomic mass is 10.1. The van der Waals surface area contributed by atoms with Crippen molar-refractivity contribution in [1.82, 2.24) is 15.1 Å². The molecule has 0 saturated heterocycles. The zero-order chi connectivity index (χ0) is 21.6. The van der Waals surface area contributed by atoms with Crippen LogP contribution in [0.1, 0.15) is 29.5 Å². The summed E-state index contributed by atoms with van der Waals surface area (Å²) in [4.78, 5) is 5.16. The van der Waals surface area contributed by atoms with E-state index < -0.39 is 0 Å². The topological polar surface area (TPSA) is 20.6 Å². The molecule has 0 fully saturated rings. The van der Waals surface area contributed by atoms with Crippen molar-refractivity contribution in [1.29, 1.82) is 0 Å². The molecule has 3 aromatic rings. The minimum atomic E-state index is 0.944. The summed E-state index contributed by atoms with van der Waals surface area (Å²) in [5.74, 6) is 0. The van der Waals surface area contributed by atoms with Crippen molar-refractivity contribution < 1.29 is 0 Å². The molecule has 0 bridgehead atoms. The van der Waals surface area contributed by atoms with Crippen molar-refractivity contribution in [3.05, 3.63) is 108 Å². The molecule has 0 unspecified atom stereocenters. The van der Waals surface area contributed by atoms with Crippen LogP contribution >= 0.6 is 0 Å². The Hall–Kier alpha value is -2.46. The molecule has 163 valence electrons. The lowest BCUT2D eigenvalue weighted by Gasteiger charge is -2.26. The molecular weight excluding hydrogens is 378 g/mol. The molecule has 31 heavy (non-hydrogen) atoms. The highest BCUT2D eigenvalue weighted by Crippen LogP contribution is 2.12. The molecule has 0 N–H and O–H groups in total. The maximum Gasteiger partial charge on any atom is 0.0237 e. The summed E-state index contributed by atoms with van der Waals surface area (Å²) in [5, 5.41) is 4.28. The Kier molecular flexibility index (Phi) is 10.3. The molecule has 0 atom stereocenters. The summed E-state index contributed by atoms with van der Waals surface area (Å²) < 4.78 is 0. The van der Waals surface area contributed by atoms with Crippen molar-refractivity contribution in [3.8, 4) is 0 Å². The van der Waals surface area contributed by atoms with Crippen LogP contribution in [0.4, 0.5) is 0 Å². The van der Waals surface area contributed by atoms with Crippen molar-refractivity contribution in [2.24, 2.45) is 0 Å². The summed E-state index contributed by atoms with van der Waals surface area (Å²) in [6, 6.07) is 32.5. The van der Waals surface area contributed by atoms with Crippen molar-refractivity contribution >= 4 is 0 Å². The summed E-state index contributed by atoms with van der Waals surface area (Å²) >= 11 is 0. The van der Waals surface area contributed by atoms with Gasteiger partial charge in [-0.2, -0.15) is 0 Å². The predicted octanol–water partition coefficient (Wildman–Crippen LogP) is 5.21. The van der Waals surface area contributed by atoms with Crippen LogP contribution in [0, 0.1) is 0 Å². The highest BCUT2D eigenvalue weighted by Gasteiger charge is 2.10. The van der Waals surface area contributed by atoms with E-state index in [2.05, 4.69) is 106 Å². The number of nitrogens with zero attached hydrogens (tertiary/aromatic N) is 3. The molecule has 3 aromatic carbocycles.